The molecule has 1 aliphatic heterocycles. The van der Waals surface area contributed by atoms with Gasteiger partial charge in [-0.3, -0.25) is 4.79 Å². The van der Waals surface area contributed by atoms with E-state index in [9.17, 15) is 13.2 Å². The Hall–Kier alpha value is -2.06. The topological polar surface area (TPSA) is 72.9 Å². The number of nitrogens with zero attached hydrogens (tertiary/aromatic N) is 1. The van der Waals surface area contributed by atoms with E-state index in [1.165, 1.54) is 0 Å². The van der Waals surface area contributed by atoms with Gasteiger partial charge in [-0.05, 0) is 48.4 Å². The van der Waals surface area contributed by atoms with Crippen LogP contribution in [0, 0.1) is 0 Å². The Morgan fingerprint density at radius 3 is 2.50 bits per heavy atom. The van der Waals surface area contributed by atoms with E-state index in [1.54, 1.807) is 36.3 Å². The quantitative estimate of drug-likeness (QED) is 0.625. The highest BCUT2D eigenvalue weighted by Crippen LogP contribution is 2.22. The summed E-state index contributed by atoms with van der Waals surface area (Å²) in [5.41, 5.74) is 0.927. The molecule has 1 unspecified atom stereocenters. The first-order chi connectivity index (χ1) is 13.4. The number of benzene rings is 2. The van der Waals surface area contributed by atoms with Gasteiger partial charge < -0.3 is 14.4 Å². The molecular formula is C20H22BrNO5S. The zero-order valence-corrected chi connectivity index (χ0v) is 17.9. The number of sulfone groups is 1. The number of carbonyl (C=O) groups excluding carboxylic acids is 1. The zero-order chi connectivity index (χ0) is 20.1. The van der Waals surface area contributed by atoms with Gasteiger partial charge in [-0.2, -0.15) is 0 Å². The fourth-order valence-electron chi connectivity index (χ4n) is 3.17. The predicted octanol–water partition coefficient (Wildman–Crippen LogP) is 3.05. The standard InChI is InChI=1S/C20H22BrNO5S/c1-26-18-5-7-19(8-6-18)27-13-20(23)22(17-9-10-28(24,25)14-17)12-15-3-2-4-16(21)11-15/h2-8,11,17H,9-10,12-14H2,1H3. The van der Waals surface area contributed by atoms with Crippen molar-refractivity contribution in [3.8, 4) is 11.5 Å². The largest absolute Gasteiger partial charge is 0.497 e. The molecule has 6 nitrogen and oxygen atoms in total. The van der Waals surface area contributed by atoms with Gasteiger partial charge >= 0.3 is 0 Å². The monoisotopic (exact) mass is 467 g/mol. The number of amides is 1. The second-order valence-corrected chi connectivity index (χ2v) is 9.82. The molecule has 150 valence electrons. The van der Waals surface area contributed by atoms with E-state index >= 15 is 0 Å². The molecule has 2 aromatic carbocycles. The summed E-state index contributed by atoms with van der Waals surface area (Å²) >= 11 is 3.43. The summed E-state index contributed by atoms with van der Waals surface area (Å²) in [6.45, 7) is 0.182. The van der Waals surface area contributed by atoms with E-state index < -0.39 is 9.84 Å². The third-order valence-corrected chi connectivity index (χ3v) is 6.88. The molecule has 0 bridgehead atoms. The number of ether oxygens (including phenoxy) is 2. The molecule has 0 aromatic heterocycles. The smallest absolute Gasteiger partial charge is 0.261 e. The molecule has 1 amide bonds. The first-order valence-electron chi connectivity index (χ1n) is 8.87. The Balaban J connectivity index is 1.72. The summed E-state index contributed by atoms with van der Waals surface area (Å²) in [6, 6.07) is 14.3. The fourth-order valence-corrected chi connectivity index (χ4v) is 5.35. The summed E-state index contributed by atoms with van der Waals surface area (Å²) in [5, 5.41) is 0. The number of carbonyl (C=O) groups is 1. The Morgan fingerprint density at radius 1 is 1.18 bits per heavy atom. The van der Waals surface area contributed by atoms with E-state index in [0.29, 0.717) is 24.5 Å². The van der Waals surface area contributed by atoms with E-state index in [4.69, 9.17) is 9.47 Å². The van der Waals surface area contributed by atoms with Gasteiger partial charge in [-0.1, -0.05) is 28.1 Å². The lowest BCUT2D eigenvalue weighted by atomic mass is 10.1. The summed E-state index contributed by atoms with van der Waals surface area (Å²) in [6.07, 6.45) is 0.449. The highest BCUT2D eigenvalue weighted by molar-refractivity contribution is 9.10. The number of methoxy groups -OCH3 is 1. The van der Waals surface area contributed by atoms with Crippen molar-refractivity contribution < 1.29 is 22.7 Å². The van der Waals surface area contributed by atoms with Crippen LogP contribution in [0.25, 0.3) is 0 Å². The summed E-state index contributed by atoms with van der Waals surface area (Å²) in [5.74, 6) is 1.12. The molecule has 28 heavy (non-hydrogen) atoms. The Bertz CT molecular complexity index is 930. The van der Waals surface area contributed by atoms with Crippen LogP contribution < -0.4 is 9.47 Å². The first-order valence-corrected chi connectivity index (χ1v) is 11.5. The normalized spacial score (nSPS) is 17.9. The van der Waals surface area contributed by atoms with Gasteiger partial charge in [-0.15, -0.1) is 0 Å². The minimum atomic E-state index is -3.11. The van der Waals surface area contributed by atoms with Crippen LogP contribution in [0.2, 0.25) is 0 Å². The van der Waals surface area contributed by atoms with Gasteiger partial charge in [0.2, 0.25) is 0 Å². The van der Waals surface area contributed by atoms with Crippen molar-refractivity contribution in [2.24, 2.45) is 0 Å². The van der Waals surface area contributed by atoms with E-state index in [1.807, 2.05) is 24.3 Å². The Kier molecular flexibility index (Phi) is 6.61. The van der Waals surface area contributed by atoms with Gasteiger partial charge in [-0.25, -0.2) is 8.42 Å². The lowest BCUT2D eigenvalue weighted by Gasteiger charge is -2.28. The van der Waals surface area contributed by atoms with Crippen LogP contribution in [0.15, 0.2) is 53.0 Å². The molecule has 3 rings (SSSR count). The van der Waals surface area contributed by atoms with Crippen LogP contribution in [0.5, 0.6) is 11.5 Å². The van der Waals surface area contributed by atoms with Crippen molar-refractivity contribution >= 4 is 31.7 Å². The van der Waals surface area contributed by atoms with Crippen LogP contribution in [-0.4, -0.2) is 50.5 Å². The molecule has 1 fully saturated rings. The van der Waals surface area contributed by atoms with Gasteiger partial charge in [0, 0.05) is 17.1 Å². The van der Waals surface area contributed by atoms with E-state index in [0.717, 1.165) is 10.0 Å². The van der Waals surface area contributed by atoms with Crippen molar-refractivity contribution in [2.45, 2.75) is 19.0 Å². The number of rotatable bonds is 7. The van der Waals surface area contributed by atoms with Crippen LogP contribution in [0.1, 0.15) is 12.0 Å². The average Bonchev–Trinajstić information content (AvgIpc) is 3.04. The fraction of sp³-hybridized carbons (Fsp3) is 0.350. The van der Waals surface area contributed by atoms with Gasteiger partial charge in [0.05, 0.1) is 18.6 Å². The highest BCUT2D eigenvalue weighted by atomic mass is 79.9. The number of halogens is 1. The van der Waals surface area contributed by atoms with Crippen molar-refractivity contribution in [1.82, 2.24) is 4.90 Å². The van der Waals surface area contributed by atoms with Gasteiger partial charge in [0.15, 0.2) is 16.4 Å². The van der Waals surface area contributed by atoms with E-state index in [2.05, 4.69) is 15.9 Å². The molecule has 0 spiro atoms. The Labute approximate surface area is 173 Å². The van der Waals surface area contributed by atoms with Crippen LogP contribution in [0.4, 0.5) is 0 Å². The van der Waals surface area contributed by atoms with E-state index in [-0.39, 0.29) is 30.1 Å². The first kappa shape index (κ1) is 20.7. The third kappa shape index (κ3) is 5.48. The minimum absolute atomic E-state index is 0.00468. The maximum Gasteiger partial charge on any atom is 0.261 e. The second-order valence-electron chi connectivity index (χ2n) is 6.67. The highest BCUT2D eigenvalue weighted by Gasteiger charge is 2.34. The molecule has 1 saturated heterocycles. The maximum atomic E-state index is 12.9. The predicted molar refractivity (Wildman–Crippen MR) is 110 cm³/mol. The molecule has 8 heteroatoms. The molecule has 1 atom stereocenters. The van der Waals surface area contributed by atoms with Crippen LogP contribution in [-0.2, 0) is 21.2 Å². The summed E-state index contributed by atoms with van der Waals surface area (Å²) in [4.78, 5) is 14.5. The molecule has 0 radical (unpaired) electrons. The lowest BCUT2D eigenvalue weighted by Crippen LogP contribution is -2.43. The average molecular weight is 468 g/mol. The molecule has 1 aliphatic rings. The zero-order valence-electron chi connectivity index (χ0n) is 15.5. The summed E-state index contributed by atoms with van der Waals surface area (Å²) < 4.78 is 35.5. The van der Waals surface area contributed by atoms with Crippen LogP contribution in [0.3, 0.4) is 0 Å². The summed E-state index contributed by atoms with van der Waals surface area (Å²) in [7, 11) is -1.53. The third-order valence-electron chi connectivity index (χ3n) is 4.63. The lowest BCUT2D eigenvalue weighted by molar-refractivity contribution is -0.136. The molecule has 0 aliphatic carbocycles. The van der Waals surface area contributed by atoms with Crippen molar-refractivity contribution in [3.63, 3.8) is 0 Å². The molecule has 2 aromatic rings. The van der Waals surface area contributed by atoms with Crippen molar-refractivity contribution in [3.05, 3.63) is 58.6 Å². The van der Waals surface area contributed by atoms with Gasteiger partial charge in [0.25, 0.3) is 5.91 Å². The second kappa shape index (κ2) is 8.96. The number of hydrogen-bond acceptors (Lipinski definition) is 5. The molecular weight excluding hydrogens is 446 g/mol. The molecule has 0 N–H and O–H groups in total. The SMILES string of the molecule is COc1ccc(OCC(=O)N(Cc2cccc(Br)c2)C2CCS(=O)(=O)C2)cc1. The minimum Gasteiger partial charge on any atom is -0.497 e. The Morgan fingerprint density at radius 2 is 1.89 bits per heavy atom. The molecule has 0 saturated carbocycles. The van der Waals surface area contributed by atoms with Crippen molar-refractivity contribution in [2.75, 3.05) is 25.2 Å². The van der Waals surface area contributed by atoms with Crippen LogP contribution >= 0.6 is 15.9 Å². The molecule has 1 heterocycles. The van der Waals surface area contributed by atoms with Gasteiger partial charge in [0.1, 0.15) is 11.5 Å². The van der Waals surface area contributed by atoms with Crippen molar-refractivity contribution in [1.29, 1.82) is 0 Å². The number of hydrogen-bond donors (Lipinski definition) is 0. The maximum absolute atomic E-state index is 12.9.